The van der Waals surface area contributed by atoms with Crippen molar-refractivity contribution in [2.75, 3.05) is 13.2 Å². The number of carbonyl (C=O) groups is 2. The second-order valence-electron chi connectivity index (χ2n) is 7.71. The largest absolute Gasteiger partial charge is 0.466 e. The van der Waals surface area contributed by atoms with Gasteiger partial charge in [-0.15, -0.1) is 0 Å². The van der Waals surface area contributed by atoms with Crippen LogP contribution in [0.3, 0.4) is 0 Å². The van der Waals surface area contributed by atoms with Gasteiger partial charge in [-0.2, -0.15) is 0 Å². The highest BCUT2D eigenvalue weighted by Crippen LogP contribution is 2.59. The van der Waals surface area contributed by atoms with Crippen LogP contribution in [0.1, 0.15) is 58.8 Å². The van der Waals surface area contributed by atoms with E-state index >= 15 is 0 Å². The summed E-state index contributed by atoms with van der Waals surface area (Å²) in [6, 6.07) is 0. The van der Waals surface area contributed by atoms with Crippen molar-refractivity contribution in [2.45, 2.75) is 64.4 Å². The first-order chi connectivity index (χ1) is 11.0. The molecule has 0 aromatic rings. The minimum atomic E-state index is -0.330. The Hall–Kier alpha value is -1.26. The van der Waals surface area contributed by atoms with Crippen molar-refractivity contribution in [1.29, 1.82) is 0 Å². The van der Waals surface area contributed by atoms with Gasteiger partial charge < -0.3 is 14.8 Å². The Bertz CT molecular complexity index is 434. The molecule has 0 heterocycles. The van der Waals surface area contributed by atoms with Gasteiger partial charge in [0.25, 0.3) is 0 Å². The average molecular weight is 323 g/mol. The number of amides is 1. The van der Waals surface area contributed by atoms with E-state index in [1.165, 1.54) is 32.1 Å². The average Bonchev–Trinajstić information content (AvgIpc) is 2.49. The van der Waals surface area contributed by atoms with Crippen molar-refractivity contribution >= 4 is 12.1 Å². The number of carbonyl (C=O) groups excluding carboxylic acids is 2. The topological polar surface area (TPSA) is 64.6 Å². The molecule has 0 saturated heterocycles. The van der Waals surface area contributed by atoms with E-state index in [1.807, 2.05) is 0 Å². The summed E-state index contributed by atoms with van der Waals surface area (Å²) in [5, 5.41) is 2.80. The zero-order chi connectivity index (χ0) is 16.4. The second-order valence-corrected chi connectivity index (χ2v) is 7.71. The molecule has 1 amide bonds. The third-order valence-electron chi connectivity index (χ3n) is 6.20. The van der Waals surface area contributed by atoms with Gasteiger partial charge in [0.15, 0.2) is 0 Å². The van der Waals surface area contributed by atoms with Crippen LogP contribution in [0.2, 0.25) is 0 Å². The van der Waals surface area contributed by atoms with Crippen LogP contribution >= 0.6 is 0 Å². The minimum Gasteiger partial charge on any atom is -0.466 e. The highest BCUT2D eigenvalue weighted by Gasteiger charge is 2.57. The van der Waals surface area contributed by atoms with Gasteiger partial charge in [0, 0.05) is 13.0 Å². The Morgan fingerprint density at radius 1 is 1.09 bits per heavy atom. The van der Waals surface area contributed by atoms with Gasteiger partial charge >= 0.3 is 12.1 Å². The van der Waals surface area contributed by atoms with E-state index in [0.29, 0.717) is 37.8 Å². The van der Waals surface area contributed by atoms with Crippen LogP contribution in [0.15, 0.2) is 0 Å². The lowest BCUT2D eigenvalue weighted by Crippen LogP contribution is -2.58. The molecule has 1 N–H and O–H groups in total. The smallest absolute Gasteiger partial charge is 0.407 e. The van der Waals surface area contributed by atoms with Crippen LogP contribution in [-0.4, -0.2) is 30.8 Å². The SMILES string of the molecule is CCOC(=O)CCCNC(=O)OC1(C)C2CC3CC(C2)CC1C3. The third kappa shape index (κ3) is 3.48. The second kappa shape index (κ2) is 6.70. The number of nitrogens with one attached hydrogen (secondary N) is 1. The van der Waals surface area contributed by atoms with Gasteiger partial charge in [0.2, 0.25) is 0 Å². The summed E-state index contributed by atoms with van der Waals surface area (Å²) >= 11 is 0. The van der Waals surface area contributed by atoms with Gasteiger partial charge in [-0.1, -0.05) is 0 Å². The molecule has 0 spiro atoms. The number of rotatable bonds is 6. The lowest BCUT2D eigenvalue weighted by molar-refractivity contribution is -0.162. The van der Waals surface area contributed by atoms with Gasteiger partial charge in [-0.05, 0) is 76.0 Å². The van der Waals surface area contributed by atoms with Crippen molar-refractivity contribution in [1.82, 2.24) is 5.32 Å². The van der Waals surface area contributed by atoms with Crippen LogP contribution in [0.5, 0.6) is 0 Å². The maximum Gasteiger partial charge on any atom is 0.407 e. The van der Waals surface area contributed by atoms with Crippen molar-refractivity contribution in [3.8, 4) is 0 Å². The maximum absolute atomic E-state index is 12.2. The fourth-order valence-electron chi connectivity index (χ4n) is 5.18. The quantitative estimate of drug-likeness (QED) is 0.602. The number of hydrogen-bond acceptors (Lipinski definition) is 4. The van der Waals surface area contributed by atoms with Crippen LogP contribution in [-0.2, 0) is 14.3 Å². The van der Waals surface area contributed by atoms with Crippen LogP contribution < -0.4 is 5.32 Å². The normalized spacial score (nSPS) is 37.5. The number of alkyl carbamates (subject to hydrolysis) is 1. The summed E-state index contributed by atoms with van der Waals surface area (Å²) in [5.41, 5.74) is -0.293. The summed E-state index contributed by atoms with van der Waals surface area (Å²) in [4.78, 5) is 23.4. The molecule has 130 valence electrons. The van der Waals surface area contributed by atoms with Crippen molar-refractivity contribution in [2.24, 2.45) is 23.7 Å². The molecule has 4 aliphatic rings. The van der Waals surface area contributed by atoms with Gasteiger partial charge in [0.05, 0.1) is 6.61 Å². The molecule has 0 aliphatic heterocycles. The van der Waals surface area contributed by atoms with Crippen LogP contribution in [0, 0.1) is 23.7 Å². The van der Waals surface area contributed by atoms with E-state index in [0.717, 1.165) is 11.8 Å². The van der Waals surface area contributed by atoms with Crippen molar-refractivity contribution in [3.05, 3.63) is 0 Å². The predicted molar refractivity (Wildman–Crippen MR) is 85.8 cm³/mol. The molecule has 0 aromatic heterocycles. The summed E-state index contributed by atoms with van der Waals surface area (Å²) in [5.74, 6) is 2.58. The lowest BCUT2D eigenvalue weighted by atomic mass is 9.50. The maximum atomic E-state index is 12.2. The fourth-order valence-corrected chi connectivity index (χ4v) is 5.18. The molecule has 0 aromatic carbocycles. The van der Waals surface area contributed by atoms with Crippen LogP contribution in [0.25, 0.3) is 0 Å². The summed E-state index contributed by atoms with van der Waals surface area (Å²) in [6.45, 7) is 4.78. The predicted octanol–water partition coefficient (Wildman–Crippen LogP) is 3.27. The van der Waals surface area contributed by atoms with Crippen molar-refractivity contribution in [3.63, 3.8) is 0 Å². The molecule has 4 aliphatic carbocycles. The van der Waals surface area contributed by atoms with Crippen molar-refractivity contribution < 1.29 is 19.1 Å². The number of hydrogen-bond donors (Lipinski definition) is 1. The monoisotopic (exact) mass is 323 g/mol. The Morgan fingerprint density at radius 3 is 2.26 bits per heavy atom. The first kappa shape index (κ1) is 16.6. The van der Waals surface area contributed by atoms with E-state index < -0.39 is 0 Å². The summed E-state index contributed by atoms with van der Waals surface area (Å²) in [7, 11) is 0. The zero-order valence-electron chi connectivity index (χ0n) is 14.3. The van der Waals surface area contributed by atoms with Gasteiger partial charge in [-0.3, -0.25) is 4.79 Å². The van der Waals surface area contributed by atoms with E-state index in [2.05, 4.69) is 12.2 Å². The standard InChI is InChI=1S/C18H29NO4/c1-3-22-16(20)5-4-6-19-17(21)23-18(2)14-8-12-7-13(10-14)11-15(18)9-12/h12-15H,3-11H2,1-2H3,(H,19,21). The minimum absolute atomic E-state index is 0.212. The Labute approximate surface area is 138 Å². The molecule has 4 saturated carbocycles. The molecule has 4 fully saturated rings. The highest BCUT2D eigenvalue weighted by atomic mass is 16.6. The highest BCUT2D eigenvalue weighted by molar-refractivity contribution is 5.70. The molecule has 23 heavy (non-hydrogen) atoms. The van der Waals surface area contributed by atoms with E-state index in [4.69, 9.17) is 9.47 Å². The van der Waals surface area contributed by atoms with Gasteiger partial charge in [0.1, 0.15) is 5.60 Å². The first-order valence-electron chi connectivity index (χ1n) is 9.13. The molecule has 0 unspecified atom stereocenters. The zero-order valence-corrected chi connectivity index (χ0v) is 14.3. The number of esters is 1. The Balaban J connectivity index is 1.44. The summed E-state index contributed by atoms with van der Waals surface area (Å²) in [6.07, 6.45) is 6.87. The third-order valence-corrected chi connectivity index (χ3v) is 6.20. The van der Waals surface area contributed by atoms with E-state index in [-0.39, 0.29) is 17.7 Å². The lowest BCUT2D eigenvalue weighted by Gasteiger charge is -2.58. The molecule has 4 bridgehead atoms. The molecule has 5 nitrogen and oxygen atoms in total. The van der Waals surface area contributed by atoms with E-state index in [9.17, 15) is 9.59 Å². The molecule has 4 rings (SSSR count). The van der Waals surface area contributed by atoms with E-state index in [1.54, 1.807) is 6.92 Å². The molecule has 0 atom stereocenters. The number of ether oxygens (including phenoxy) is 2. The first-order valence-corrected chi connectivity index (χ1v) is 9.13. The Kier molecular flexibility index (Phi) is 4.83. The Morgan fingerprint density at radius 2 is 1.70 bits per heavy atom. The molecular formula is C18H29NO4. The fraction of sp³-hybridized carbons (Fsp3) is 0.889. The molecule has 0 radical (unpaired) electrons. The summed E-state index contributed by atoms with van der Waals surface area (Å²) < 4.78 is 10.8. The molecular weight excluding hydrogens is 294 g/mol. The van der Waals surface area contributed by atoms with Gasteiger partial charge in [-0.25, -0.2) is 4.79 Å². The van der Waals surface area contributed by atoms with Crippen LogP contribution in [0.4, 0.5) is 4.79 Å². The molecule has 5 heteroatoms.